The van der Waals surface area contributed by atoms with Gasteiger partial charge in [-0.2, -0.15) is 0 Å². The van der Waals surface area contributed by atoms with E-state index in [4.69, 9.17) is 0 Å². The molecule has 2 heterocycles. The number of nitrogens with zero attached hydrogens (tertiary/aromatic N) is 3. The number of hydrogen-bond donors (Lipinski definition) is 1. The molecule has 3 aromatic rings. The highest BCUT2D eigenvalue weighted by atomic mass is 19.1. The number of hydrogen-bond acceptors (Lipinski definition) is 3. The van der Waals surface area contributed by atoms with E-state index in [0.29, 0.717) is 24.0 Å². The van der Waals surface area contributed by atoms with Crippen molar-refractivity contribution in [1.82, 2.24) is 19.6 Å². The molecule has 29 heavy (non-hydrogen) atoms. The minimum absolute atomic E-state index is 0.186. The lowest BCUT2D eigenvalue weighted by Crippen LogP contribution is -2.29. The fourth-order valence-electron chi connectivity index (χ4n) is 3.12. The van der Waals surface area contributed by atoms with Gasteiger partial charge in [-0.25, -0.2) is 9.37 Å². The highest BCUT2D eigenvalue weighted by Gasteiger charge is 2.23. The van der Waals surface area contributed by atoms with Crippen LogP contribution in [0.1, 0.15) is 46.4 Å². The third-order valence-electron chi connectivity index (χ3n) is 4.79. The first-order chi connectivity index (χ1) is 14.0. The van der Waals surface area contributed by atoms with Crippen LogP contribution < -0.4 is 5.32 Å². The molecule has 0 fully saturated rings. The van der Waals surface area contributed by atoms with E-state index in [1.165, 1.54) is 6.07 Å². The Morgan fingerprint density at radius 2 is 1.93 bits per heavy atom. The van der Waals surface area contributed by atoms with Crippen LogP contribution in [0.3, 0.4) is 0 Å². The monoisotopic (exact) mass is 396 g/mol. The number of halogens is 1. The lowest BCUT2D eigenvalue weighted by molar-refractivity contribution is 0.0780. The van der Waals surface area contributed by atoms with Crippen LogP contribution in [-0.4, -0.2) is 46.2 Å². The average Bonchev–Trinajstić information content (AvgIpc) is 3.12. The summed E-state index contributed by atoms with van der Waals surface area (Å²) in [5.74, 6) is -0.707. The van der Waals surface area contributed by atoms with E-state index in [2.05, 4.69) is 17.2 Å². The molecule has 7 heteroatoms. The Kier molecular flexibility index (Phi) is 6.59. The van der Waals surface area contributed by atoms with Gasteiger partial charge in [0.15, 0.2) is 5.69 Å². The fraction of sp³-hybridized carbons (Fsp3) is 0.318. The molecular weight excluding hydrogens is 371 g/mol. The summed E-state index contributed by atoms with van der Waals surface area (Å²) in [7, 11) is 1.73. The van der Waals surface area contributed by atoms with E-state index in [1.807, 2.05) is 0 Å². The van der Waals surface area contributed by atoms with Gasteiger partial charge >= 0.3 is 0 Å². The number of benzene rings is 1. The first kappa shape index (κ1) is 20.5. The second kappa shape index (κ2) is 9.32. The number of aromatic nitrogens is 2. The van der Waals surface area contributed by atoms with Crippen molar-refractivity contribution in [2.24, 2.45) is 0 Å². The molecule has 0 aliphatic carbocycles. The van der Waals surface area contributed by atoms with Gasteiger partial charge in [-0.05, 0) is 36.6 Å². The van der Waals surface area contributed by atoms with E-state index in [0.717, 1.165) is 12.8 Å². The smallest absolute Gasteiger partial charge is 0.289 e. The van der Waals surface area contributed by atoms with Crippen molar-refractivity contribution < 1.29 is 14.0 Å². The standard InChI is InChI=1S/C22H25FN4O2/c1-3-4-14-26(2)22(29)20-25-19(18-11-7-8-15-27(18)20)21(28)24-13-12-16-9-5-6-10-17(16)23/h5-11,15H,3-4,12-14H2,1-2H3,(H,24,28). The van der Waals surface area contributed by atoms with Gasteiger partial charge in [0.05, 0.1) is 5.52 Å². The number of unbranched alkanes of at least 4 members (excludes halogenated alkanes) is 1. The Morgan fingerprint density at radius 1 is 1.17 bits per heavy atom. The molecule has 3 rings (SSSR count). The summed E-state index contributed by atoms with van der Waals surface area (Å²) in [4.78, 5) is 31.5. The average molecular weight is 396 g/mol. The maximum absolute atomic E-state index is 13.7. The van der Waals surface area contributed by atoms with Gasteiger partial charge in [-0.1, -0.05) is 37.6 Å². The molecule has 0 aliphatic heterocycles. The maximum Gasteiger partial charge on any atom is 0.289 e. The van der Waals surface area contributed by atoms with Crippen molar-refractivity contribution >= 4 is 17.3 Å². The van der Waals surface area contributed by atoms with Crippen molar-refractivity contribution in [1.29, 1.82) is 0 Å². The minimum Gasteiger partial charge on any atom is -0.350 e. The molecule has 0 unspecified atom stereocenters. The number of rotatable bonds is 8. The molecule has 6 nitrogen and oxygen atoms in total. The highest BCUT2D eigenvalue weighted by Crippen LogP contribution is 2.15. The number of carbonyl (C=O) groups excluding carboxylic acids is 2. The summed E-state index contributed by atoms with van der Waals surface area (Å²) in [5, 5.41) is 2.78. The maximum atomic E-state index is 13.7. The molecule has 2 amide bonds. The SMILES string of the molecule is CCCCN(C)C(=O)c1nc(C(=O)NCCc2ccccc2F)c2ccccn12. The van der Waals surface area contributed by atoms with Crippen LogP contribution in [-0.2, 0) is 6.42 Å². The number of pyridine rings is 1. The molecular formula is C22H25FN4O2. The van der Waals surface area contributed by atoms with Gasteiger partial charge in [-0.3, -0.25) is 14.0 Å². The van der Waals surface area contributed by atoms with Gasteiger partial charge in [0.25, 0.3) is 11.8 Å². The van der Waals surface area contributed by atoms with Gasteiger partial charge in [0.2, 0.25) is 5.82 Å². The molecule has 0 aliphatic rings. The van der Waals surface area contributed by atoms with Gasteiger partial charge in [0.1, 0.15) is 5.82 Å². The Labute approximate surface area is 169 Å². The molecule has 0 saturated carbocycles. The molecule has 2 aromatic heterocycles. The summed E-state index contributed by atoms with van der Waals surface area (Å²) in [6.07, 6.45) is 3.97. The lowest BCUT2D eigenvalue weighted by atomic mass is 10.1. The van der Waals surface area contributed by atoms with Crippen molar-refractivity contribution in [3.05, 3.63) is 71.6 Å². The number of imidazole rings is 1. The molecule has 0 spiro atoms. The molecule has 0 radical (unpaired) electrons. The molecule has 1 aromatic carbocycles. The van der Waals surface area contributed by atoms with Crippen LogP contribution in [0.25, 0.3) is 5.52 Å². The zero-order chi connectivity index (χ0) is 20.8. The van der Waals surface area contributed by atoms with Crippen LogP contribution in [0.4, 0.5) is 4.39 Å². The number of amides is 2. The van der Waals surface area contributed by atoms with Crippen molar-refractivity contribution in [2.45, 2.75) is 26.2 Å². The topological polar surface area (TPSA) is 66.7 Å². The highest BCUT2D eigenvalue weighted by molar-refractivity contribution is 6.02. The number of nitrogens with one attached hydrogen (secondary N) is 1. The van der Waals surface area contributed by atoms with Crippen LogP contribution in [0, 0.1) is 5.82 Å². The van der Waals surface area contributed by atoms with Gasteiger partial charge in [0, 0.05) is 26.3 Å². The Hall–Kier alpha value is -3.22. The molecule has 0 bridgehead atoms. The van der Waals surface area contributed by atoms with Crippen LogP contribution in [0.2, 0.25) is 0 Å². The molecule has 0 saturated heterocycles. The minimum atomic E-state index is -0.389. The van der Waals surface area contributed by atoms with Crippen molar-refractivity contribution in [2.75, 3.05) is 20.1 Å². The summed E-state index contributed by atoms with van der Waals surface area (Å²) in [6, 6.07) is 11.8. The van der Waals surface area contributed by atoms with Crippen LogP contribution >= 0.6 is 0 Å². The largest absolute Gasteiger partial charge is 0.350 e. The summed E-state index contributed by atoms with van der Waals surface area (Å²) in [6.45, 7) is 2.96. The zero-order valence-electron chi connectivity index (χ0n) is 16.7. The van der Waals surface area contributed by atoms with E-state index in [9.17, 15) is 14.0 Å². The Balaban J connectivity index is 1.77. The van der Waals surface area contributed by atoms with E-state index >= 15 is 0 Å². The lowest BCUT2D eigenvalue weighted by Gasteiger charge is -2.15. The first-order valence-corrected chi connectivity index (χ1v) is 9.77. The van der Waals surface area contributed by atoms with Crippen molar-refractivity contribution in [3.63, 3.8) is 0 Å². The Morgan fingerprint density at radius 3 is 2.69 bits per heavy atom. The van der Waals surface area contributed by atoms with E-state index in [1.54, 1.807) is 58.9 Å². The summed E-state index contributed by atoms with van der Waals surface area (Å²) in [5.41, 5.74) is 1.28. The van der Waals surface area contributed by atoms with Crippen LogP contribution in [0.15, 0.2) is 48.7 Å². The fourth-order valence-corrected chi connectivity index (χ4v) is 3.12. The predicted molar refractivity (Wildman–Crippen MR) is 109 cm³/mol. The first-order valence-electron chi connectivity index (χ1n) is 9.77. The number of carbonyl (C=O) groups is 2. The third kappa shape index (κ3) is 4.62. The Bertz CT molecular complexity index is 1010. The molecule has 0 atom stereocenters. The molecule has 1 N–H and O–H groups in total. The summed E-state index contributed by atoms with van der Waals surface area (Å²) >= 11 is 0. The van der Waals surface area contributed by atoms with Crippen LogP contribution in [0.5, 0.6) is 0 Å². The quantitative estimate of drug-likeness (QED) is 0.635. The normalized spacial score (nSPS) is 10.9. The van der Waals surface area contributed by atoms with Gasteiger partial charge < -0.3 is 10.2 Å². The zero-order valence-corrected chi connectivity index (χ0v) is 16.7. The van der Waals surface area contributed by atoms with Crippen molar-refractivity contribution in [3.8, 4) is 0 Å². The summed E-state index contributed by atoms with van der Waals surface area (Å²) < 4.78 is 15.4. The van der Waals surface area contributed by atoms with E-state index in [-0.39, 0.29) is 35.7 Å². The second-order valence-corrected chi connectivity index (χ2v) is 6.92. The van der Waals surface area contributed by atoms with E-state index < -0.39 is 0 Å². The predicted octanol–water partition coefficient (Wildman–Crippen LogP) is 3.32. The van der Waals surface area contributed by atoms with Gasteiger partial charge in [-0.15, -0.1) is 0 Å². The molecule has 152 valence electrons. The number of fused-ring (bicyclic) bond motifs is 1. The third-order valence-corrected chi connectivity index (χ3v) is 4.79. The second-order valence-electron chi connectivity index (χ2n) is 6.92.